The third-order valence-corrected chi connectivity index (χ3v) is 11.0. The molecular formula is C42H50ClN9O3. The number of likely N-dealkylation sites (N-methyl/N-ethyl adjacent to an activating group) is 1. The highest BCUT2D eigenvalue weighted by Crippen LogP contribution is 2.34. The zero-order valence-corrected chi connectivity index (χ0v) is 32.7. The molecule has 12 nitrogen and oxygen atoms in total. The van der Waals surface area contributed by atoms with E-state index in [4.69, 9.17) is 27.1 Å². The number of nitrogens with zero attached hydrogens (tertiary/aromatic N) is 7. The lowest BCUT2D eigenvalue weighted by atomic mass is 9.99. The Hall–Kier alpha value is -4.88. The van der Waals surface area contributed by atoms with E-state index >= 15 is 0 Å². The number of hydrogen-bond acceptors (Lipinski definition) is 9. The lowest BCUT2D eigenvalue weighted by Crippen LogP contribution is -2.43. The minimum Gasteiger partial charge on any atom is -0.381 e. The molecule has 3 aromatic heterocycles. The van der Waals surface area contributed by atoms with Gasteiger partial charge in [-0.05, 0) is 80.3 Å². The number of nitrogens with one attached hydrogen (secondary N) is 1. The third kappa shape index (κ3) is 8.83. The molecule has 55 heavy (non-hydrogen) atoms. The largest absolute Gasteiger partial charge is 0.381 e. The van der Waals surface area contributed by atoms with Gasteiger partial charge in [-0.25, -0.2) is 14.6 Å². The van der Waals surface area contributed by atoms with Gasteiger partial charge in [-0.1, -0.05) is 48.9 Å². The van der Waals surface area contributed by atoms with Crippen LogP contribution < -0.4 is 11.1 Å². The van der Waals surface area contributed by atoms with Crippen LogP contribution in [0, 0.1) is 0 Å². The number of halogens is 1. The van der Waals surface area contributed by atoms with Gasteiger partial charge in [-0.2, -0.15) is 5.10 Å². The second-order valence-electron chi connectivity index (χ2n) is 14.5. The second kappa shape index (κ2) is 17.3. The number of fused-ring (bicyclic) bond motifs is 1. The van der Waals surface area contributed by atoms with Crippen molar-refractivity contribution < 1.29 is 14.3 Å². The number of amides is 2. The first-order chi connectivity index (χ1) is 26.7. The van der Waals surface area contributed by atoms with E-state index < -0.39 is 5.91 Å². The molecule has 288 valence electrons. The van der Waals surface area contributed by atoms with Gasteiger partial charge >= 0.3 is 0 Å². The van der Waals surface area contributed by atoms with Crippen LogP contribution in [0.2, 0.25) is 5.02 Å². The topological polar surface area (TPSA) is 135 Å². The zero-order valence-electron chi connectivity index (χ0n) is 31.9. The van der Waals surface area contributed by atoms with Gasteiger partial charge in [0.15, 0.2) is 5.65 Å². The summed E-state index contributed by atoms with van der Waals surface area (Å²) in [6, 6.07) is 19.4. The van der Waals surface area contributed by atoms with Gasteiger partial charge in [0.05, 0.1) is 23.8 Å². The van der Waals surface area contributed by atoms with Crippen LogP contribution in [0.1, 0.15) is 70.1 Å². The first kappa shape index (κ1) is 38.4. The summed E-state index contributed by atoms with van der Waals surface area (Å²) in [6.45, 7) is 11.7. The Morgan fingerprint density at radius 2 is 1.71 bits per heavy atom. The van der Waals surface area contributed by atoms with Crippen LogP contribution in [0.3, 0.4) is 0 Å². The molecule has 7 rings (SSSR count). The monoisotopic (exact) mass is 763 g/mol. The Kier molecular flexibility index (Phi) is 12.1. The highest BCUT2D eigenvalue weighted by molar-refractivity contribution is 6.33. The first-order valence-corrected chi connectivity index (χ1v) is 19.6. The fourth-order valence-electron chi connectivity index (χ4n) is 7.54. The molecule has 0 unspecified atom stereocenters. The summed E-state index contributed by atoms with van der Waals surface area (Å²) in [5, 5.41) is 10.0. The Morgan fingerprint density at radius 3 is 2.45 bits per heavy atom. The maximum atomic E-state index is 14.6. The van der Waals surface area contributed by atoms with Crippen LogP contribution in [0.5, 0.6) is 0 Å². The summed E-state index contributed by atoms with van der Waals surface area (Å²) in [5.41, 5.74) is 13.3. The van der Waals surface area contributed by atoms with Crippen molar-refractivity contribution in [3.63, 3.8) is 0 Å². The standard InChI is InChI=1S/C42H50ClN9O3/c1-4-36-34(39(46-31-14-20-55-21-15-31)33-24-45-52(5-2)41(33)48-36)27-51(42(54)38-11-7-10-37(47-38)40(44)53)26-29-12-13-35(43)32(23-29)30-9-6-8-28(22-30)25-50-18-16-49(3)17-19-50/h6-13,22-24,31H,4-5,14-21,25-27H2,1-3H3,(H2,44,53)(H,46,48). The molecule has 2 aromatic carbocycles. The number of aryl methyl sites for hydroxylation is 2. The van der Waals surface area contributed by atoms with E-state index in [-0.39, 0.29) is 36.4 Å². The number of benzene rings is 2. The predicted molar refractivity (Wildman–Crippen MR) is 216 cm³/mol. The normalized spacial score (nSPS) is 15.7. The van der Waals surface area contributed by atoms with E-state index in [2.05, 4.69) is 76.4 Å². The van der Waals surface area contributed by atoms with Crippen molar-refractivity contribution in [3.8, 4) is 11.1 Å². The maximum absolute atomic E-state index is 14.6. The van der Waals surface area contributed by atoms with Gasteiger partial charge in [0.2, 0.25) is 0 Å². The number of primary amides is 1. The van der Waals surface area contributed by atoms with Crippen molar-refractivity contribution in [1.82, 2.24) is 34.4 Å². The quantitative estimate of drug-likeness (QED) is 0.148. The van der Waals surface area contributed by atoms with Crippen molar-refractivity contribution in [1.29, 1.82) is 0 Å². The van der Waals surface area contributed by atoms with Gasteiger partial charge in [-0.15, -0.1) is 0 Å². The SMILES string of the molecule is CCc1nc2c(cnn2CC)c(NC2CCOCC2)c1CN(Cc1ccc(Cl)c(-c2cccc(CN3CCN(C)CC3)c2)c1)C(=O)c1cccc(C(N)=O)n1. The molecule has 0 saturated carbocycles. The summed E-state index contributed by atoms with van der Waals surface area (Å²) in [6.07, 6.45) is 4.24. The van der Waals surface area contributed by atoms with Crippen molar-refractivity contribution in [2.75, 3.05) is 51.8 Å². The molecule has 2 aliphatic heterocycles. The molecule has 5 heterocycles. The molecule has 3 N–H and O–H groups in total. The number of aromatic nitrogens is 4. The Bertz CT molecular complexity index is 2160. The molecule has 5 aromatic rings. The molecule has 0 bridgehead atoms. The number of rotatable bonds is 13. The molecule has 0 aliphatic carbocycles. The molecule has 2 fully saturated rings. The van der Waals surface area contributed by atoms with Crippen LogP contribution in [-0.2, 0) is 37.3 Å². The number of nitrogens with two attached hydrogens (primary N) is 1. The van der Waals surface area contributed by atoms with Crippen molar-refractivity contribution in [3.05, 3.63) is 106 Å². The summed E-state index contributed by atoms with van der Waals surface area (Å²) in [5.74, 6) is -1.03. The van der Waals surface area contributed by atoms with E-state index in [1.54, 1.807) is 17.0 Å². The summed E-state index contributed by atoms with van der Waals surface area (Å²) >= 11 is 6.90. The average Bonchev–Trinajstić information content (AvgIpc) is 3.63. The number of piperazine rings is 1. The summed E-state index contributed by atoms with van der Waals surface area (Å²) in [4.78, 5) is 42.9. The number of pyridine rings is 2. The van der Waals surface area contributed by atoms with Crippen LogP contribution in [-0.4, -0.2) is 98.7 Å². The van der Waals surface area contributed by atoms with E-state index in [1.807, 2.05) is 23.0 Å². The number of carbonyl (C=O) groups is 2. The van der Waals surface area contributed by atoms with Gasteiger partial charge in [-0.3, -0.25) is 14.5 Å². The zero-order chi connectivity index (χ0) is 38.5. The van der Waals surface area contributed by atoms with Crippen LogP contribution in [0.15, 0.2) is 66.9 Å². The van der Waals surface area contributed by atoms with E-state index in [1.165, 1.54) is 11.6 Å². The highest BCUT2D eigenvalue weighted by atomic mass is 35.5. The predicted octanol–water partition coefficient (Wildman–Crippen LogP) is 6.01. The smallest absolute Gasteiger partial charge is 0.273 e. The van der Waals surface area contributed by atoms with Crippen molar-refractivity contribution >= 4 is 40.1 Å². The van der Waals surface area contributed by atoms with Gasteiger partial charge in [0.25, 0.3) is 11.8 Å². The molecule has 0 radical (unpaired) electrons. The summed E-state index contributed by atoms with van der Waals surface area (Å²) < 4.78 is 7.59. The average molecular weight is 764 g/mol. The minimum absolute atomic E-state index is 0.0298. The van der Waals surface area contributed by atoms with Gasteiger partial charge < -0.3 is 25.6 Å². The number of hydrogen-bond donors (Lipinski definition) is 2. The van der Waals surface area contributed by atoms with Crippen LogP contribution in [0.25, 0.3) is 22.2 Å². The lowest BCUT2D eigenvalue weighted by molar-refractivity contribution is 0.0723. The van der Waals surface area contributed by atoms with Gasteiger partial charge in [0.1, 0.15) is 11.4 Å². The summed E-state index contributed by atoms with van der Waals surface area (Å²) in [7, 11) is 2.17. The van der Waals surface area contributed by atoms with E-state index in [0.717, 1.165) is 90.2 Å². The number of anilines is 1. The molecule has 0 atom stereocenters. The van der Waals surface area contributed by atoms with Crippen LogP contribution in [0.4, 0.5) is 5.69 Å². The van der Waals surface area contributed by atoms with Crippen molar-refractivity contribution in [2.24, 2.45) is 5.73 Å². The first-order valence-electron chi connectivity index (χ1n) is 19.3. The minimum atomic E-state index is -0.697. The molecular weight excluding hydrogens is 714 g/mol. The molecule has 13 heteroatoms. The van der Waals surface area contributed by atoms with E-state index in [0.29, 0.717) is 31.2 Å². The van der Waals surface area contributed by atoms with Gasteiger partial charge in [0, 0.05) is 86.9 Å². The fourth-order valence-corrected chi connectivity index (χ4v) is 7.76. The van der Waals surface area contributed by atoms with Crippen LogP contribution >= 0.6 is 11.6 Å². The molecule has 2 saturated heterocycles. The Balaban J connectivity index is 1.27. The lowest BCUT2D eigenvalue weighted by Gasteiger charge is -2.32. The highest BCUT2D eigenvalue weighted by Gasteiger charge is 2.27. The second-order valence-corrected chi connectivity index (χ2v) is 14.9. The molecule has 0 spiro atoms. The molecule has 2 amide bonds. The van der Waals surface area contributed by atoms with Crippen molar-refractivity contribution in [2.45, 2.75) is 65.3 Å². The third-order valence-electron chi connectivity index (χ3n) is 10.7. The van der Waals surface area contributed by atoms with E-state index in [9.17, 15) is 9.59 Å². The maximum Gasteiger partial charge on any atom is 0.273 e. The molecule has 2 aliphatic rings. The number of ether oxygens (including phenoxy) is 1. The Morgan fingerprint density at radius 1 is 0.945 bits per heavy atom. The Labute approximate surface area is 327 Å². The fraction of sp³-hybridized carbons (Fsp3) is 0.405. The number of carbonyl (C=O) groups excluding carboxylic acids is 2.